The normalized spacial score (nSPS) is 12.9. The zero-order chi connectivity index (χ0) is 10.6. The van der Waals surface area contributed by atoms with Crippen LogP contribution in [-0.4, -0.2) is 11.8 Å². The molecular weight excluding hydrogens is 197 g/mol. The van der Waals surface area contributed by atoms with Crippen molar-refractivity contribution in [2.75, 3.05) is 5.75 Å². The average Bonchev–Trinajstić information content (AvgIpc) is 2.08. The van der Waals surface area contributed by atoms with Crippen molar-refractivity contribution < 1.29 is 4.39 Å². The Bertz CT molecular complexity index is 299. The van der Waals surface area contributed by atoms with Crippen molar-refractivity contribution >= 4 is 11.8 Å². The molecule has 1 aromatic carbocycles. The largest absolute Gasteiger partial charge is 0.327 e. The van der Waals surface area contributed by atoms with Crippen LogP contribution in [0.15, 0.2) is 18.2 Å². The predicted octanol–water partition coefficient (Wildman–Crippen LogP) is 2.71. The molecule has 3 heteroatoms. The SMILES string of the molecule is Cc1cc(F)ccc1CSCC(C)N. The molecule has 0 amide bonds. The van der Waals surface area contributed by atoms with Crippen molar-refractivity contribution in [1.82, 2.24) is 0 Å². The first-order valence-electron chi connectivity index (χ1n) is 4.68. The van der Waals surface area contributed by atoms with E-state index >= 15 is 0 Å². The maximum Gasteiger partial charge on any atom is 0.123 e. The molecule has 1 aromatic rings. The van der Waals surface area contributed by atoms with Gasteiger partial charge in [-0.1, -0.05) is 6.07 Å². The van der Waals surface area contributed by atoms with Gasteiger partial charge in [0.05, 0.1) is 0 Å². The van der Waals surface area contributed by atoms with Crippen molar-refractivity contribution in [2.45, 2.75) is 25.6 Å². The summed E-state index contributed by atoms with van der Waals surface area (Å²) in [6, 6.07) is 5.15. The van der Waals surface area contributed by atoms with Crippen molar-refractivity contribution in [3.63, 3.8) is 0 Å². The molecule has 1 rings (SSSR count). The van der Waals surface area contributed by atoms with E-state index in [2.05, 4.69) is 0 Å². The van der Waals surface area contributed by atoms with Gasteiger partial charge in [-0.25, -0.2) is 4.39 Å². The third-order valence-electron chi connectivity index (χ3n) is 1.94. The van der Waals surface area contributed by atoms with Crippen molar-refractivity contribution in [2.24, 2.45) is 5.73 Å². The van der Waals surface area contributed by atoms with Crippen LogP contribution in [0, 0.1) is 12.7 Å². The summed E-state index contributed by atoms with van der Waals surface area (Å²) in [5.41, 5.74) is 7.85. The Morgan fingerprint density at radius 2 is 2.21 bits per heavy atom. The summed E-state index contributed by atoms with van der Waals surface area (Å²) in [4.78, 5) is 0. The second kappa shape index (κ2) is 5.37. The Morgan fingerprint density at radius 3 is 2.79 bits per heavy atom. The van der Waals surface area contributed by atoms with Gasteiger partial charge in [0.1, 0.15) is 5.82 Å². The van der Waals surface area contributed by atoms with Gasteiger partial charge in [0, 0.05) is 17.5 Å². The molecule has 0 saturated heterocycles. The van der Waals surface area contributed by atoms with E-state index in [1.165, 1.54) is 11.6 Å². The molecule has 0 saturated carbocycles. The second-order valence-electron chi connectivity index (χ2n) is 3.56. The molecule has 0 aliphatic rings. The summed E-state index contributed by atoms with van der Waals surface area (Å²) in [5, 5.41) is 0. The van der Waals surface area contributed by atoms with Gasteiger partial charge in [-0.3, -0.25) is 0 Å². The molecule has 1 atom stereocenters. The van der Waals surface area contributed by atoms with Gasteiger partial charge in [0.25, 0.3) is 0 Å². The lowest BCUT2D eigenvalue weighted by molar-refractivity contribution is 0.626. The maximum absolute atomic E-state index is 12.8. The number of nitrogens with two attached hydrogens (primary N) is 1. The summed E-state index contributed by atoms with van der Waals surface area (Å²) < 4.78 is 12.8. The van der Waals surface area contributed by atoms with E-state index in [9.17, 15) is 4.39 Å². The Balaban J connectivity index is 2.51. The molecule has 0 heterocycles. The van der Waals surface area contributed by atoms with Gasteiger partial charge in [-0.05, 0) is 37.1 Å². The smallest absolute Gasteiger partial charge is 0.123 e. The van der Waals surface area contributed by atoms with Gasteiger partial charge in [0.2, 0.25) is 0 Å². The first kappa shape index (κ1) is 11.5. The van der Waals surface area contributed by atoms with E-state index in [-0.39, 0.29) is 11.9 Å². The van der Waals surface area contributed by atoms with E-state index in [1.54, 1.807) is 17.8 Å². The van der Waals surface area contributed by atoms with Crippen LogP contribution in [0.3, 0.4) is 0 Å². The molecular formula is C11H16FNS. The molecule has 78 valence electrons. The molecule has 2 N–H and O–H groups in total. The lowest BCUT2D eigenvalue weighted by atomic mass is 10.1. The highest BCUT2D eigenvalue weighted by atomic mass is 32.2. The third kappa shape index (κ3) is 3.68. The molecule has 0 fully saturated rings. The van der Waals surface area contributed by atoms with Crippen LogP contribution < -0.4 is 5.73 Å². The summed E-state index contributed by atoms with van der Waals surface area (Å²) in [6.45, 7) is 3.93. The lowest BCUT2D eigenvalue weighted by Gasteiger charge is -2.07. The Morgan fingerprint density at radius 1 is 1.50 bits per heavy atom. The highest BCUT2D eigenvalue weighted by Crippen LogP contribution is 2.17. The van der Waals surface area contributed by atoms with Gasteiger partial charge in [-0.2, -0.15) is 11.8 Å². The second-order valence-corrected chi connectivity index (χ2v) is 4.59. The van der Waals surface area contributed by atoms with E-state index in [4.69, 9.17) is 5.73 Å². The summed E-state index contributed by atoms with van der Waals surface area (Å²) >= 11 is 1.79. The van der Waals surface area contributed by atoms with Gasteiger partial charge < -0.3 is 5.73 Å². The zero-order valence-corrected chi connectivity index (χ0v) is 9.40. The zero-order valence-electron chi connectivity index (χ0n) is 8.59. The Hall–Kier alpha value is -0.540. The fraction of sp³-hybridized carbons (Fsp3) is 0.455. The van der Waals surface area contributed by atoms with Crippen LogP contribution in [0.5, 0.6) is 0 Å². The topological polar surface area (TPSA) is 26.0 Å². The van der Waals surface area contributed by atoms with E-state index in [0.717, 1.165) is 17.1 Å². The van der Waals surface area contributed by atoms with Crippen LogP contribution in [0.2, 0.25) is 0 Å². The van der Waals surface area contributed by atoms with E-state index in [1.807, 2.05) is 19.9 Å². The van der Waals surface area contributed by atoms with Crippen molar-refractivity contribution in [3.8, 4) is 0 Å². The van der Waals surface area contributed by atoms with Crippen LogP contribution in [0.1, 0.15) is 18.1 Å². The van der Waals surface area contributed by atoms with Gasteiger partial charge in [-0.15, -0.1) is 0 Å². The minimum Gasteiger partial charge on any atom is -0.327 e. The molecule has 1 nitrogen and oxygen atoms in total. The maximum atomic E-state index is 12.8. The highest BCUT2D eigenvalue weighted by Gasteiger charge is 2.01. The lowest BCUT2D eigenvalue weighted by Crippen LogP contribution is -2.17. The molecule has 1 unspecified atom stereocenters. The number of hydrogen-bond donors (Lipinski definition) is 1. The highest BCUT2D eigenvalue weighted by molar-refractivity contribution is 7.98. The fourth-order valence-electron chi connectivity index (χ4n) is 1.18. The van der Waals surface area contributed by atoms with Gasteiger partial charge in [0.15, 0.2) is 0 Å². The summed E-state index contributed by atoms with van der Waals surface area (Å²) in [6.07, 6.45) is 0. The fourth-order valence-corrected chi connectivity index (χ4v) is 2.21. The summed E-state index contributed by atoms with van der Waals surface area (Å²) in [7, 11) is 0. The first-order valence-corrected chi connectivity index (χ1v) is 5.83. The predicted molar refractivity (Wildman–Crippen MR) is 60.9 cm³/mol. The summed E-state index contributed by atoms with van der Waals surface area (Å²) in [5.74, 6) is 1.69. The number of benzene rings is 1. The van der Waals surface area contributed by atoms with E-state index in [0.29, 0.717) is 0 Å². The van der Waals surface area contributed by atoms with Crippen LogP contribution in [0.4, 0.5) is 4.39 Å². The number of rotatable bonds is 4. The molecule has 0 aliphatic carbocycles. The third-order valence-corrected chi connectivity index (χ3v) is 3.22. The molecule has 0 aliphatic heterocycles. The molecule has 0 radical (unpaired) electrons. The monoisotopic (exact) mass is 213 g/mol. The Kier molecular flexibility index (Phi) is 4.42. The molecule has 0 spiro atoms. The van der Waals surface area contributed by atoms with Crippen LogP contribution >= 0.6 is 11.8 Å². The van der Waals surface area contributed by atoms with Crippen LogP contribution in [-0.2, 0) is 5.75 Å². The number of aryl methyl sites for hydroxylation is 1. The van der Waals surface area contributed by atoms with Crippen LogP contribution in [0.25, 0.3) is 0 Å². The molecule has 0 aromatic heterocycles. The minimum atomic E-state index is -0.163. The number of halogens is 1. The first-order chi connectivity index (χ1) is 6.59. The van der Waals surface area contributed by atoms with Crippen molar-refractivity contribution in [3.05, 3.63) is 35.1 Å². The minimum absolute atomic E-state index is 0.163. The standard InChI is InChI=1S/C11H16FNS/c1-8-5-11(12)4-3-10(8)7-14-6-9(2)13/h3-5,9H,6-7,13H2,1-2H3. The van der Waals surface area contributed by atoms with E-state index < -0.39 is 0 Å². The number of thioether (sulfide) groups is 1. The van der Waals surface area contributed by atoms with Gasteiger partial charge >= 0.3 is 0 Å². The Labute approximate surface area is 88.9 Å². The average molecular weight is 213 g/mol. The molecule has 0 bridgehead atoms. The quantitative estimate of drug-likeness (QED) is 0.832. The molecule has 14 heavy (non-hydrogen) atoms. The van der Waals surface area contributed by atoms with Crippen molar-refractivity contribution in [1.29, 1.82) is 0 Å². The number of hydrogen-bond acceptors (Lipinski definition) is 2.